The summed E-state index contributed by atoms with van der Waals surface area (Å²) in [5.74, 6) is 0. The lowest BCUT2D eigenvalue weighted by Crippen LogP contribution is -2.22. The van der Waals surface area contributed by atoms with Crippen molar-refractivity contribution < 1.29 is 0 Å². The number of aromatic nitrogens is 3. The Morgan fingerprint density at radius 1 is 1.40 bits per heavy atom. The number of imidazole rings is 1. The van der Waals surface area contributed by atoms with Crippen LogP contribution in [0.15, 0.2) is 23.2 Å². The van der Waals surface area contributed by atoms with Crippen molar-refractivity contribution in [1.82, 2.24) is 19.7 Å². The Morgan fingerprint density at radius 2 is 2.20 bits per heavy atom. The van der Waals surface area contributed by atoms with Crippen LogP contribution in [0.25, 0.3) is 5.65 Å². The molecule has 0 aliphatic heterocycles. The summed E-state index contributed by atoms with van der Waals surface area (Å²) < 4.78 is 2.85. The molecule has 0 aliphatic rings. The Labute approximate surface area is 96.9 Å². The van der Waals surface area contributed by atoms with Gasteiger partial charge in [0.25, 0.3) is 0 Å². The van der Waals surface area contributed by atoms with E-state index in [0.717, 1.165) is 22.5 Å². The van der Waals surface area contributed by atoms with Crippen LogP contribution in [-0.4, -0.2) is 20.4 Å². The highest BCUT2D eigenvalue weighted by molar-refractivity contribution is 9.10. The number of fused-ring (bicyclic) bond motifs is 1. The maximum absolute atomic E-state index is 4.28. The maximum atomic E-state index is 4.28. The summed E-state index contributed by atoms with van der Waals surface area (Å²) in [6, 6.07) is 0.473. The highest BCUT2D eigenvalue weighted by Crippen LogP contribution is 2.10. The van der Waals surface area contributed by atoms with E-state index in [4.69, 9.17) is 0 Å². The Kier molecular flexibility index (Phi) is 3.02. The number of nitrogens with zero attached hydrogens (tertiary/aromatic N) is 3. The van der Waals surface area contributed by atoms with Crippen LogP contribution in [0.2, 0.25) is 0 Å². The van der Waals surface area contributed by atoms with Crippen LogP contribution >= 0.6 is 15.9 Å². The van der Waals surface area contributed by atoms with Gasteiger partial charge < -0.3 is 5.32 Å². The third-order valence-corrected chi connectivity index (χ3v) is 2.54. The summed E-state index contributed by atoms with van der Waals surface area (Å²) in [6.07, 6.45) is 5.56. The zero-order valence-electron chi connectivity index (χ0n) is 8.74. The summed E-state index contributed by atoms with van der Waals surface area (Å²) in [5.41, 5.74) is 2.01. The van der Waals surface area contributed by atoms with Crippen molar-refractivity contribution in [2.45, 2.75) is 26.4 Å². The van der Waals surface area contributed by atoms with Crippen LogP contribution in [0.3, 0.4) is 0 Å². The highest BCUT2D eigenvalue weighted by atomic mass is 79.9. The fraction of sp³-hybridized carbons (Fsp3) is 0.400. The Balaban J connectivity index is 2.31. The second-order valence-electron chi connectivity index (χ2n) is 3.72. The molecule has 0 saturated heterocycles. The first-order chi connectivity index (χ1) is 7.16. The first kappa shape index (κ1) is 10.6. The van der Waals surface area contributed by atoms with E-state index in [1.165, 1.54) is 0 Å². The molecule has 0 bridgehead atoms. The van der Waals surface area contributed by atoms with Gasteiger partial charge >= 0.3 is 0 Å². The molecule has 0 unspecified atom stereocenters. The quantitative estimate of drug-likeness (QED) is 0.926. The van der Waals surface area contributed by atoms with Crippen LogP contribution in [0, 0.1) is 0 Å². The van der Waals surface area contributed by atoms with Gasteiger partial charge in [-0.05, 0) is 15.9 Å². The van der Waals surface area contributed by atoms with Gasteiger partial charge in [-0.2, -0.15) is 0 Å². The number of rotatable bonds is 3. The SMILES string of the molecule is CC(C)NCc1cnc2cnc(Br)cn12. The topological polar surface area (TPSA) is 42.2 Å². The van der Waals surface area contributed by atoms with Crippen molar-refractivity contribution in [3.05, 3.63) is 28.9 Å². The molecule has 0 aromatic carbocycles. The smallest absolute Gasteiger partial charge is 0.155 e. The minimum absolute atomic E-state index is 0.473. The Bertz CT molecular complexity index is 463. The van der Waals surface area contributed by atoms with Gasteiger partial charge in [0.2, 0.25) is 0 Å². The van der Waals surface area contributed by atoms with E-state index in [2.05, 4.69) is 45.1 Å². The van der Waals surface area contributed by atoms with Crippen molar-refractivity contribution in [1.29, 1.82) is 0 Å². The van der Waals surface area contributed by atoms with Crippen LogP contribution in [0.4, 0.5) is 0 Å². The average Bonchev–Trinajstić information content (AvgIpc) is 2.57. The second kappa shape index (κ2) is 4.28. The van der Waals surface area contributed by atoms with Crippen molar-refractivity contribution in [2.24, 2.45) is 0 Å². The largest absolute Gasteiger partial charge is 0.309 e. The molecule has 0 fully saturated rings. The third kappa shape index (κ3) is 2.35. The lowest BCUT2D eigenvalue weighted by atomic mass is 10.3. The van der Waals surface area contributed by atoms with E-state index in [9.17, 15) is 0 Å². The number of hydrogen-bond donors (Lipinski definition) is 1. The van der Waals surface area contributed by atoms with Crippen molar-refractivity contribution >= 4 is 21.6 Å². The van der Waals surface area contributed by atoms with Crippen LogP contribution in [0.1, 0.15) is 19.5 Å². The van der Waals surface area contributed by atoms with E-state index in [-0.39, 0.29) is 0 Å². The summed E-state index contributed by atoms with van der Waals surface area (Å²) in [4.78, 5) is 8.41. The van der Waals surface area contributed by atoms with Crippen LogP contribution in [0.5, 0.6) is 0 Å². The molecule has 0 saturated carbocycles. The monoisotopic (exact) mass is 268 g/mol. The molecule has 0 radical (unpaired) electrons. The molecule has 0 aliphatic carbocycles. The standard InChI is InChI=1S/C10H13BrN4/c1-7(2)12-3-8-4-14-10-5-13-9(11)6-15(8)10/h4-7,12H,3H2,1-2H3. The highest BCUT2D eigenvalue weighted by Gasteiger charge is 2.04. The normalized spacial score (nSPS) is 11.5. The number of hydrogen-bond acceptors (Lipinski definition) is 3. The van der Waals surface area contributed by atoms with E-state index < -0.39 is 0 Å². The van der Waals surface area contributed by atoms with Gasteiger partial charge in [0.05, 0.1) is 18.1 Å². The molecule has 0 amide bonds. The van der Waals surface area contributed by atoms with Gasteiger partial charge in [-0.15, -0.1) is 0 Å². The van der Waals surface area contributed by atoms with Crippen LogP contribution < -0.4 is 5.32 Å². The fourth-order valence-electron chi connectivity index (χ4n) is 1.36. The van der Waals surface area contributed by atoms with Crippen molar-refractivity contribution in [2.75, 3.05) is 0 Å². The summed E-state index contributed by atoms with van der Waals surface area (Å²) in [7, 11) is 0. The molecule has 5 heteroatoms. The fourth-order valence-corrected chi connectivity index (χ4v) is 1.66. The van der Waals surface area contributed by atoms with E-state index >= 15 is 0 Å². The molecule has 2 aromatic rings. The predicted octanol–water partition coefficient (Wildman–Crippen LogP) is 1.99. The molecule has 0 spiro atoms. The van der Waals surface area contributed by atoms with Gasteiger partial charge in [0, 0.05) is 18.8 Å². The first-order valence-electron chi connectivity index (χ1n) is 4.87. The first-order valence-corrected chi connectivity index (χ1v) is 5.67. The summed E-state index contributed by atoms with van der Waals surface area (Å²) >= 11 is 3.35. The van der Waals surface area contributed by atoms with Gasteiger partial charge in [-0.25, -0.2) is 9.97 Å². The minimum Gasteiger partial charge on any atom is -0.309 e. The maximum Gasteiger partial charge on any atom is 0.155 e. The van der Waals surface area contributed by atoms with Crippen molar-refractivity contribution in [3.63, 3.8) is 0 Å². The minimum atomic E-state index is 0.473. The Hall–Kier alpha value is -0.940. The number of halogens is 1. The molecule has 0 atom stereocenters. The second-order valence-corrected chi connectivity index (χ2v) is 4.54. The molecular formula is C10H13BrN4. The number of nitrogens with one attached hydrogen (secondary N) is 1. The molecule has 15 heavy (non-hydrogen) atoms. The average molecular weight is 269 g/mol. The molecule has 4 nitrogen and oxygen atoms in total. The van der Waals surface area contributed by atoms with Crippen molar-refractivity contribution in [3.8, 4) is 0 Å². The Morgan fingerprint density at radius 3 is 2.93 bits per heavy atom. The summed E-state index contributed by atoms with van der Waals surface area (Å²) in [5, 5.41) is 3.36. The van der Waals surface area contributed by atoms with E-state index in [1.54, 1.807) is 6.20 Å². The lowest BCUT2D eigenvalue weighted by molar-refractivity contribution is 0.579. The molecule has 2 heterocycles. The van der Waals surface area contributed by atoms with Gasteiger partial charge in [-0.3, -0.25) is 4.40 Å². The summed E-state index contributed by atoms with van der Waals surface area (Å²) in [6.45, 7) is 5.07. The van der Waals surface area contributed by atoms with E-state index in [1.807, 2.05) is 16.8 Å². The van der Waals surface area contributed by atoms with E-state index in [0.29, 0.717) is 6.04 Å². The molecule has 80 valence electrons. The molecule has 2 rings (SSSR count). The zero-order chi connectivity index (χ0) is 10.8. The lowest BCUT2D eigenvalue weighted by Gasteiger charge is -2.07. The molecular weight excluding hydrogens is 256 g/mol. The van der Waals surface area contributed by atoms with Gasteiger partial charge in [0.1, 0.15) is 4.60 Å². The third-order valence-electron chi connectivity index (χ3n) is 2.13. The zero-order valence-corrected chi connectivity index (χ0v) is 10.3. The van der Waals surface area contributed by atoms with Crippen LogP contribution in [-0.2, 0) is 6.54 Å². The molecule has 1 N–H and O–H groups in total. The molecule has 2 aromatic heterocycles. The van der Waals surface area contributed by atoms with Gasteiger partial charge in [-0.1, -0.05) is 13.8 Å². The predicted molar refractivity (Wildman–Crippen MR) is 62.7 cm³/mol. The van der Waals surface area contributed by atoms with Gasteiger partial charge in [0.15, 0.2) is 5.65 Å².